The molecule has 0 aliphatic rings. The zero-order chi connectivity index (χ0) is 16.3. The van der Waals surface area contributed by atoms with Gasteiger partial charge >= 0.3 is 5.97 Å². The van der Waals surface area contributed by atoms with Crippen molar-refractivity contribution in [3.63, 3.8) is 0 Å². The van der Waals surface area contributed by atoms with Gasteiger partial charge in [-0.15, -0.1) is 0 Å². The highest BCUT2D eigenvalue weighted by Gasteiger charge is 2.21. The van der Waals surface area contributed by atoms with Crippen LogP contribution in [0.2, 0.25) is 0 Å². The van der Waals surface area contributed by atoms with E-state index >= 15 is 0 Å². The lowest BCUT2D eigenvalue weighted by Crippen LogP contribution is -2.40. The molecule has 0 bridgehead atoms. The molecule has 1 rings (SSSR count). The zero-order valence-electron chi connectivity index (χ0n) is 12.0. The predicted molar refractivity (Wildman–Crippen MR) is 77.4 cm³/mol. The van der Waals surface area contributed by atoms with Crippen LogP contribution in [0.5, 0.6) is 0 Å². The van der Waals surface area contributed by atoms with Gasteiger partial charge in [0.25, 0.3) is 0 Å². The Kier molecular flexibility index (Phi) is 5.08. The van der Waals surface area contributed by atoms with Gasteiger partial charge in [0.2, 0.25) is 15.9 Å². The number of sulfonamides is 1. The van der Waals surface area contributed by atoms with E-state index in [9.17, 15) is 18.0 Å². The van der Waals surface area contributed by atoms with Gasteiger partial charge in [0.05, 0.1) is 4.90 Å². The molecule has 0 fully saturated rings. The molecule has 0 aromatic heterocycles. The molecule has 0 aliphatic carbocycles. The Labute approximate surface area is 123 Å². The van der Waals surface area contributed by atoms with Crippen LogP contribution in [-0.2, 0) is 19.6 Å². The first-order valence-corrected chi connectivity index (χ1v) is 7.64. The molecule has 1 amide bonds. The van der Waals surface area contributed by atoms with Gasteiger partial charge in [-0.25, -0.2) is 13.1 Å². The summed E-state index contributed by atoms with van der Waals surface area (Å²) in [5.41, 5.74) is -0.274. The minimum atomic E-state index is -3.64. The molecule has 8 heteroatoms. The summed E-state index contributed by atoms with van der Waals surface area (Å²) in [4.78, 5) is 21.7. The normalized spacial score (nSPS) is 12.0. The van der Waals surface area contributed by atoms with Crippen molar-refractivity contribution in [1.29, 1.82) is 0 Å². The lowest BCUT2D eigenvalue weighted by molar-refractivity contribution is -0.139. The average molecular weight is 314 g/mol. The van der Waals surface area contributed by atoms with Gasteiger partial charge in [0, 0.05) is 11.2 Å². The average Bonchev–Trinajstić information content (AvgIpc) is 2.24. The number of hydrogen-bond donors (Lipinski definition) is 3. The molecule has 0 saturated carbocycles. The molecule has 0 spiro atoms. The van der Waals surface area contributed by atoms with Gasteiger partial charge in [0.1, 0.15) is 6.42 Å². The first-order valence-electron chi connectivity index (χ1n) is 6.15. The Balaban J connectivity index is 2.83. The van der Waals surface area contributed by atoms with Crippen molar-refractivity contribution in [2.45, 2.75) is 37.6 Å². The maximum Gasteiger partial charge on any atom is 0.312 e. The molecule has 3 N–H and O–H groups in total. The molecule has 0 heterocycles. The second-order valence-corrected chi connectivity index (χ2v) is 7.18. The van der Waals surface area contributed by atoms with Crippen molar-refractivity contribution in [3.05, 3.63) is 24.3 Å². The van der Waals surface area contributed by atoms with Gasteiger partial charge in [-0.1, -0.05) is 0 Å². The Morgan fingerprint density at radius 1 is 1.14 bits per heavy atom. The van der Waals surface area contributed by atoms with Crippen LogP contribution in [0.3, 0.4) is 0 Å². The number of carboxylic acid groups (broad SMARTS) is 1. The highest BCUT2D eigenvalue weighted by Crippen LogP contribution is 2.16. The number of benzene rings is 1. The second-order valence-electron chi connectivity index (χ2n) is 5.50. The van der Waals surface area contributed by atoms with E-state index in [-0.39, 0.29) is 4.90 Å². The third kappa shape index (κ3) is 5.92. The van der Waals surface area contributed by atoms with E-state index in [1.165, 1.54) is 24.3 Å². The molecule has 21 heavy (non-hydrogen) atoms. The van der Waals surface area contributed by atoms with Crippen LogP contribution >= 0.6 is 0 Å². The number of carbonyl (C=O) groups excluding carboxylic acids is 1. The SMILES string of the molecule is CC(C)(C)NS(=O)(=O)c1ccc(NC(=O)CC(=O)O)cc1. The van der Waals surface area contributed by atoms with Crippen molar-refractivity contribution in [1.82, 2.24) is 4.72 Å². The molecule has 0 aliphatic heterocycles. The number of carboxylic acids is 1. The molecule has 0 unspecified atom stereocenters. The van der Waals surface area contributed by atoms with Crippen molar-refractivity contribution in [3.8, 4) is 0 Å². The first kappa shape index (κ1) is 17.1. The molecule has 0 radical (unpaired) electrons. The summed E-state index contributed by atoms with van der Waals surface area (Å²) in [6, 6.07) is 5.48. The smallest absolute Gasteiger partial charge is 0.312 e. The number of hydrogen-bond acceptors (Lipinski definition) is 4. The minimum absolute atomic E-state index is 0.0636. The number of carbonyl (C=O) groups is 2. The van der Waals surface area contributed by atoms with E-state index < -0.39 is 33.9 Å². The van der Waals surface area contributed by atoms with E-state index in [0.717, 1.165) is 0 Å². The largest absolute Gasteiger partial charge is 0.481 e. The van der Waals surface area contributed by atoms with Crippen LogP contribution in [0.25, 0.3) is 0 Å². The van der Waals surface area contributed by atoms with Gasteiger partial charge in [-0.2, -0.15) is 0 Å². The van der Waals surface area contributed by atoms with Crippen LogP contribution in [0.4, 0.5) is 5.69 Å². The Hall–Kier alpha value is -1.93. The zero-order valence-corrected chi connectivity index (χ0v) is 12.8. The predicted octanol–water partition coefficient (Wildman–Crippen LogP) is 1.18. The molecule has 116 valence electrons. The van der Waals surface area contributed by atoms with E-state index in [1.807, 2.05) is 0 Å². The fraction of sp³-hybridized carbons (Fsp3) is 0.385. The highest BCUT2D eigenvalue weighted by molar-refractivity contribution is 7.89. The summed E-state index contributed by atoms with van der Waals surface area (Å²) in [7, 11) is -3.64. The monoisotopic (exact) mass is 314 g/mol. The van der Waals surface area contributed by atoms with Crippen LogP contribution in [0.1, 0.15) is 27.2 Å². The summed E-state index contributed by atoms with van der Waals surface area (Å²) >= 11 is 0. The van der Waals surface area contributed by atoms with Gasteiger partial charge < -0.3 is 10.4 Å². The van der Waals surface area contributed by atoms with Gasteiger partial charge in [-0.05, 0) is 45.0 Å². The van der Waals surface area contributed by atoms with Crippen LogP contribution in [0.15, 0.2) is 29.2 Å². The van der Waals surface area contributed by atoms with Crippen LogP contribution < -0.4 is 10.0 Å². The van der Waals surface area contributed by atoms with E-state index in [1.54, 1.807) is 20.8 Å². The first-order chi connectivity index (χ1) is 9.49. The maximum absolute atomic E-state index is 12.1. The number of amides is 1. The Morgan fingerprint density at radius 3 is 2.10 bits per heavy atom. The minimum Gasteiger partial charge on any atom is -0.481 e. The number of rotatable bonds is 5. The third-order valence-electron chi connectivity index (χ3n) is 2.20. The maximum atomic E-state index is 12.1. The quantitative estimate of drug-likeness (QED) is 0.706. The fourth-order valence-corrected chi connectivity index (χ4v) is 2.94. The van der Waals surface area contributed by atoms with Crippen molar-refractivity contribution in [2.75, 3.05) is 5.32 Å². The Bertz CT molecular complexity index is 630. The van der Waals surface area contributed by atoms with Crippen molar-refractivity contribution < 1.29 is 23.1 Å². The van der Waals surface area contributed by atoms with Gasteiger partial charge in [-0.3, -0.25) is 9.59 Å². The summed E-state index contributed by atoms with van der Waals surface area (Å²) in [5, 5.41) is 10.8. The van der Waals surface area contributed by atoms with Crippen LogP contribution in [-0.4, -0.2) is 30.9 Å². The van der Waals surface area contributed by atoms with E-state index in [0.29, 0.717) is 5.69 Å². The van der Waals surface area contributed by atoms with Crippen LogP contribution in [0, 0.1) is 0 Å². The topological polar surface area (TPSA) is 113 Å². The molecule has 1 aromatic rings. The van der Waals surface area contributed by atoms with Gasteiger partial charge in [0.15, 0.2) is 0 Å². The lowest BCUT2D eigenvalue weighted by Gasteiger charge is -2.20. The summed E-state index contributed by atoms with van der Waals surface area (Å²) < 4.78 is 26.6. The lowest BCUT2D eigenvalue weighted by atomic mass is 10.1. The summed E-state index contributed by atoms with van der Waals surface area (Å²) in [6.45, 7) is 5.18. The summed E-state index contributed by atoms with van der Waals surface area (Å²) in [6.07, 6.45) is -0.647. The van der Waals surface area contributed by atoms with Crippen molar-refractivity contribution >= 4 is 27.6 Å². The number of aliphatic carboxylic acids is 1. The molecule has 0 saturated heterocycles. The molecular formula is C13H18N2O5S. The van der Waals surface area contributed by atoms with E-state index in [2.05, 4.69) is 10.0 Å². The standard InChI is InChI=1S/C13H18N2O5S/c1-13(2,3)15-21(19,20)10-6-4-9(5-7-10)14-11(16)8-12(17)18/h4-7,15H,8H2,1-3H3,(H,14,16)(H,17,18). The highest BCUT2D eigenvalue weighted by atomic mass is 32.2. The third-order valence-corrected chi connectivity index (χ3v) is 3.97. The second kappa shape index (κ2) is 6.23. The fourth-order valence-electron chi connectivity index (χ4n) is 1.52. The molecule has 0 atom stereocenters. The molecular weight excluding hydrogens is 296 g/mol. The van der Waals surface area contributed by atoms with E-state index in [4.69, 9.17) is 5.11 Å². The molecule has 1 aromatic carbocycles. The molecule has 7 nitrogen and oxygen atoms in total. The Morgan fingerprint density at radius 2 is 1.67 bits per heavy atom. The summed E-state index contributed by atoms with van der Waals surface area (Å²) in [5.74, 6) is -1.91. The van der Waals surface area contributed by atoms with Crippen molar-refractivity contribution in [2.24, 2.45) is 0 Å². The number of anilines is 1. The number of nitrogens with one attached hydrogen (secondary N) is 2.